The van der Waals surface area contributed by atoms with E-state index in [1.54, 1.807) is 13.8 Å². The minimum atomic E-state index is -3.82. The highest BCUT2D eigenvalue weighted by atomic mass is 32.2. The fraction of sp³-hybridized carbons (Fsp3) is 0.562. The summed E-state index contributed by atoms with van der Waals surface area (Å²) in [5.41, 5.74) is -0.226. The van der Waals surface area contributed by atoms with Gasteiger partial charge in [0.05, 0.1) is 23.0 Å². The predicted molar refractivity (Wildman–Crippen MR) is 101 cm³/mol. The van der Waals surface area contributed by atoms with Crippen LogP contribution in [-0.4, -0.2) is 70.5 Å². The van der Waals surface area contributed by atoms with Crippen molar-refractivity contribution in [3.8, 4) is 0 Å². The molecular formula is C16H26N4O6S. The minimum Gasteiger partial charge on any atom is -0.383 e. The second-order valence-corrected chi connectivity index (χ2v) is 7.63. The molecule has 0 radical (unpaired) electrons. The van der Waals surface area contributed by atoms with Gasteiger partial charge in [-0.3, -0.25) is 14.9 Å². The van der Waals surface area contributed by atoms with E-state index in [1.807, 2.05) is 0 Å². The third-order valence-corrected chi connectivity index (χ3v) is 5.95. The highest BCUT2D eigenvalue weighted by Gasteiger charge is 2.27. The van der Waals surface area contributed by atoms with Crippen molar-refractivity contribution in [3.63, 3.8) is 0 Å². The molecule has 0 saturated heterocycles. The molecule has 0 aliphatic rings. The number of hydrogen-bond donors (Lipinski definition) is 1. The molecule has 0 saturated carbocycles. The molecule has 1 amide bonds. The number of sulfonamides is 1. The second kappa shape index (κ2) is 10.2. The number of methoxy groups -OCH3 is 1. The normalized spacial score (nSPS) is 11.4. The maximum Gasteiger partial charge on any atom is 0.293 e. The summed E-state index contributed by atoms with van der Waals surface area (Å²) < 4.78 is 31.2. The van der Waals surface area contributed by atoms with Gasteiger partial charge in [-0.25, -0.2) is 8.42 Å². The van der Waals surface area contributed by atoms with Gasteiger partial charge in [-0.2, -0.15) is 4.31 Å². The standard InChI is InChI=1S/C16H26N4O6S/c1-5-19(6-2)27(24,25)13-7-8-14(15(11-13)20(22)23)18(3)12-16(21)17-9-10-26-4/h7-8,11H,5-6,9-10,12H2,1-4H3,(H,17,21). The third kappa shape index (κ3) is 5.88. The number of nitro benzene ring substituents is 1. The van der Waals surface area contributed by atoms with Gasteiger partial charge >= 0.3 is 0 Å². The first-order valence-corrected chi connectivity index (χ1v) is 9.88. The fourth-order valence-electron chi connectivity index (χ4n) is 2.49. The number of carbonyl (C=O) groups excluding carboxylic acids is 1. The lowest BCUT2D eigenvalue weighted by Crippen LogP contribution is -2.37. The molecule has 0 atom stereocenters. The van der Waals surface area contributed by atoms with Crippen LogP contribution in [0.3, 0.4) is 0 Å². The second-order valence-electron chi connectivity index (χ2n) is 5.70. The van der Waals surface area contributed by atoms with Crippen molar-refractivity contribution < 1.29 is 22.9 Å². The van der Waals surface area contributed by atoms with Crippen LogP contribution in [0.2, 0.25) is 0 Å². The van der Waals surface area contributed by atoms with Gasteiger partial charge < -0.3 is 15.0 Å². The maximum atomic E-state index is 12.6. The average molecular weight is 402 g/mol. The van der Waals surface area contributed by atoms with E-state index in [1.165, 1.54) is 35.5 Å². The zero-order chi connectivity index (χ0) is 20.6. The van der Waals surface area contributed by atoms with Crippen LogP contribution in [0.1, 0.15) is 13.8 Å². The van der Waals surface area contributed by atoms with Crippen molar-refractivity contribution >= 4 is 27.3 Å². The Balaban J connectivity index is 3.13. The van der Waals surface area contributed by atoms with E-state index < -0.39 is 14.9 Å². The minimum absolute atomic E-state index is 0.118. The smallest absolute Gasteiger partial charge is 0.293 e. The first-order valence-electron chi connectivity index (χ1n) is 8.44. The Bertz CT molecular complexity index is 764. The first-order chi connectivity index (χ1) is 12.7. The van der Waals surface area contributed by atoms with Crippen molar-refractivity contribution in [2.75, 3.05) is 51.8 Å². The molecule has 0 bridgehead atoms. The lowest BCUT2D eigenvalue weighted by molar-refractivity contribution is -0.384. The number of benzene rings is 1. The Morgan fingerprint density at radius 2 is 1.93 bits per heavy atom. The topological polar surface area (TPSA) is 122 Å². The molecule has 1 rings (SSSR count). The van der Waals surface area contributed by atoms with Gasteiger partial charge in [-0.1, -0.05) is 13.8 Å². The molecular weight excluding hydrogens is 376 g/mol. The number of amides is 1. The molecule has 0 aliphatic heterocycles. The summed E-state index contributed by atoms with van der Waals surface area (Å²) in [5.74, 6) is -0.330. The maximum absolute atomic E-state index is 12.6. The number of nitrogens with zero attached hydrogens (tertiary/aromatic N) is 3. The Kier molecular flexibility index (Phi) is 8.60. The summed E-state index contributed by atoms with van der Waals surface area (Å²) in [5, 5.41) is 14.1. The first kappa shape index (κ1) is 22.8. The molecule has 0 aliphatic carbocycles. The SMILES string of the molecule is CCN(CC)S(=O)(=O)c1ccc(N(C)CC(=O)NCCOC)c([N+](=O)[O-])c1. The molecule has 1 N–H and O–H groups in total. The fourth-order valence-corrected chi connectivity index (χ4v) is 3.97. The van der Waals surface area contributed by atoms with Crippen LogP contribution < -0.4 is 10.2 Å². The van der Waals surface area contributed by atoms with E-state index in [4.69, 9.17) is 4.74 Å². The van der Waals surface area contributed by atoms with Gasteiger partial charge in [0.25, 0.3) is 5.69 Å². The highest BCUT2D eigenvalue weighted by molar-refractivity contribution is 7.89. The Hall–Kier alpha value is -2.24. The number of rotatable bonds is 11. The number of ether oxygens (including phenoxy) is 1. The molecule has 1 aromatic carbocycles. The summed E-state index contributed by atoms with van der Waals surface area (Å²) >= 11 is 0. The van der Waals surface area contributed by atoms with E-state index in [0.717, 1.165) is 6.07 Å². The molecule has 0 unspecified atom stereocenters. The number of hydrogen-bond acceptors (Lipinski definition) is 7. The molecule has 11 heteroatoms. The third-order valence-electron chi connectivity index (χ3n) is 3.91. The van der Waals surface area contributed by atoms with Crippen molar-refractivity contribution in [2.45, 2.75) is 18.7 Å². The van der Waals surface area contributed by atoms with E-state index in [9.17, 15) is 23.3 Å². The van der Waals surface area contributed by atoms with Crippen LogP contribution in [0, 0.1) is 10.1 Å². The lowest BCUT2D eigenvalue weighted by atomic mass is 10.2. The Morgan fingerprint density at radius 3 is 2.44 bits per heavy atom. The predicted octanol–water partition coefficient (Wildman–Crippen LogP) is 0.824. The molecule has 1 aromatic rings. The highest BCUT2D eigenvalue weighted by Crippen LogP contribution is 2.31. The van der Waals surface area contributed by atoms with Crippen LogP contribution in [0.5, 0.6) is 0 Å². The van der Waals surface area contributed by atoms with Crippen LogP contribution in [0.25, 0.3) is 0 Å². The van der Waals surface area contributed by atoms with Crippen molar-refractivity contribution in [3.05, 3.63) is 28.3 Å². The molecule has 152 valence electrons. The van der Waals surface area contributed by atoms with Gasteiger partial charge in [0.2, 0.25) is 15.9 Å². The van der Waals surface area contributed by atoms with E-state index in [0.29, 0.717) is 13.2 Å². The van der Waals surface area contributed by atoms with Crippen LogP contribution in [0.4, 0.5) is 11.4 Å². The Labute approximate surface area is 159 Å². The summed E-state index contributed by atoms with van der Waals surface area (Å²) in [4.78, 5) is 23.9. The van der Waals surface area contributed by atoms with E-state index in [-0.39, 0.29) is 41.8 Å². The van der Waals surface area contributed by atoms with Crippen molar-refractivity contribution in [2.24, 2.45) is 0 Å². The van der Waals surface area contributed by atoms with Gasteiger partial charge in [0.15, 0.2) is 0 Å². The molecule has 27 heavy (non-hydrogen) atoms. The number of likely N-dealkylation sites (N-methyl/N-ethyl adjacent to an activating group) is 1. The van der Waals surface area contributed by atoms with Crippen LogP contribution in [0.15, 0.2) is 23.1 Å². The molecule has 10 nitrogen and oxygen atoms in total. The zero-order valence-electron chi connectivity index (χ0n) is 16.0. The molecule has 0 fully saturated rings. The molecule has 0 spiro atoms. The van der Waals surface area contributed by atoms with Crippen LogP contribution in [-0.2, 0) is 19.6 Å². The van der Waals surface area contributed by atoms with Crippen LogP contribution >= 0.6 is 0 Å². The lowest BCUT2D eigenvalue weighted by Gasteiger charge is -2.21. The van der Waals surface area contributed by atoms with Gasteiger partial charge in [0, 0.05) is 39.9 Å². The van der Waals surface area contributed by atoms with Crippen molar-refractivity contribution in [1.29, 1.82) is 0 Å². The summed E-state index contributed by atoms with van der Waals surface area (Å²) in [7, 11) is -0.786. The molecule has 0 heterocycles. The van der Waals surface area contributed by atoms with Gasteiger partial charge in [-0.05, 0) is 12.1 Å². The van der Waals surface area contributed by atoms with E-state index in [2.05, 4.69) is 5.32 Å². The largest absolute Gasteiger partial charge is 0.383 e. The zero-order valence-corrected chi connectivity index (χ0v) is 16.8. The Morgan fingerprint density at radius 1 is 1.30 bits per heavy atom. The van der Waals surface area contributed by atoms with Gasteiger partial charge in [0.1, 0.15) is 5.69 Å². The summed E-state index contributed by atoms with van der Waals surface area (Å²) in [6, 6.07) is 3.69. The monoisotopic (exact) mass is 402 g/mol. The summed E-state index contributed by atoms with van der Waals surface area (Å²) in [6.07, 6.45) is 0. The molecule has 0 aromatic heterocycles. The quantitative estimate of drug-likeness (QED) is 0.330. The van der Waals surface area contributed by atoms with Crippen molar-refractivity contribution in [1.82, 2.24) is 9.62 Å². The average Bonchev–Trinajstić information content (AvgIpc) is 2.62. The summed E-state index contributed by atoms with van der Waals surface area (Å²) in [6.45, 7) is 4.47. The van der Waals surface area contributed by atoms with E-state index >= 15 is 0 Å². The number of nitrogens with one attached hydrogen (secondary N) is 1. The number of carbonyl (C=O) groups is 1. The number of anilines is 1. The van der Waals surface area contributed by atoms with Gasteiger partial charge in [-0.15, -0.1) is 0 Å². The number of nitro groups is 1.